The van der Waals surface area contributed by atoms with Crippen LogP contribution >= 0.6 is 11.3 Å². The number of esters is 1. The molecule has 0 amide bonds. The second-order valence-electron chi connectivity index (χ2n) is 3.03. The molecule has 0 aliphatic heterocycles. The quantitative estimate of drug-likeness (QED) is 0.741. The number of nitrogens with zero attached hydrogens (tertiary/aromatic N) is 2. The summed E-state index contributed by atoms with van der Waals surface area (Å²) >= 11 is 0.763. The van der Waals surface area contributed by atoms with Gasteiger partial charge in [0.15, 0.2) is 0 Å². The van der Waals surface area contributed by atoms with Gasteiger partial charge < -0.3 is 4.74 Å². The van der Waals surface area contributed by atoms with E-state index in [9.17, 15) is 18.0 Å². The average molecular weight is 262 g/mol. The van der Waals surface area contributed by atoms with Crippen LogP contribution in [0.5, 0.6) is 0 Å². The number of methoxy groups -OCH3 is 1. The van der Waals surface area contributed by atoms with Gasteiger partial charge in [0.1, 0.15) is 16.0 Å². The predicted molar refractivity (Wildman–Crippen MR) is 53.8 cm³/mol. The lowest BCUT2D eigenvalue weighted by Gasteiger charge is -2.03. The van der Waals surface area contributed by atoms with E-state index >= 15 is 0 Å². The lowest BCUT2D eigenvalue weighted by atomic mass is 10.3. The van der Waals surface area contributed by atoms with Crippen molar-refractivity contribution in [1.82, 2.24) is 9.97 Å². The zero-order valence-corrected chi connectivity index (χ0v) is 9.22. The molecule has 0 saturated carbocycles. The van der Waals surface area contributed by atoms with E-state index in [-0.39, 0.29) is 15.4 Å². The lowest BCUT2D eigenvalue weighted by molar-refractivity contribution is -0.140. The first-order chi connectivity index (χ1) is 7.91. The van der Waals surface area contributed by atoms with Gasteiger partial charge in [-0.1, -0.05) is 11.3 Å². The van der Waals surface area contributed by atoms with Gasteiger partial charge in [0, 0.05) is 0 Å². The van der Waals surface area contributed by atoms with Gasteiger partial charge in [0.05, 0.1) is 7.11 Å². The SMILES string of the molecule is COC(=O)c1nc2ccc(C(F)(F)F)nc2s1. The van der Waals surface area contributed by atoms with E-state index in [1.165, 1.54) is 13.2 Å². The molecule has 0 spiro atoms. The molecular weight excluding hydrogens is 257 g/mol. The monoisotopic (exact) mass is 262 g/mol. The minimum absolute atomic E-state index is 0.0191. The molecule has 2 aromatic rings. The second kappa shape index (κ2) is 3.95. The van der Waals surface area contributed by atoms with Gasteiger partial charge in [-0.3, -0.25) is 0 Å². The van der Waals surface area contributed by atoms with Crippen molar-refractivity contribution < 1.29 is 22.7 Å². The minimum Gasteiger partial charge on any atom is -0.464 e. The standard InChI is InChI=1S/C9H5F3N2O2S/c1-16-8(15)7-13-4-2-3-5(9(10,11)12)14-6(4)17-7/h2-3H,1H3. The summed E-state index contributed by atoms with van der Waals surface area (Å²) in [6.45, 7) is 0. The fraction of sp³-hybridized carbons (Fsp3) is 0.222. The van der Waals surface area contributed by atoms with Gasteiger partial charge in [0.2, 0.25) is 5.01 Å². The Morgan fingerprint density at radius 1 is 1.35 bits per heavy atom. The first-order valence-electron chi connectivity index (χ1n) is 4.35. The van der Waals surface area contributed by atoms with Crippen LogP contribution in [0.2, 0.25) is 0 Å². The van der Waals surface area contributed by atoms with Crippen molar-refractivity contribution in [1.29, 1.82) is 0 Å². The van der Waals surface area contributed by atoms with E-state index in [1.807, 2.05) is 0 Å². The summed E-state index contributed by atoms with van der Waals surface area (Å²) in [6, 6.07) is 2.00. The third kappa shape index (κ3) is 2.21. The number of hydrogen-bond donors (Lipinski definition) is 0. The molecule has 0 aromatic carbocycles. The maximum atomic E-state index is 12.4. The predicted octanol–water partition coefficient (Wildman–Crippen LogP) is 2.50. The largest absolute Gasteiger partial charge is 0.464 e. The Balaban J connectivity index is 2.52. The number of aromatic nitrogens is 2. The third-order valence-corrected chi connectivity index (χ3v) is 2.85. The van der Waals surface area contributed by atoms with E-state index in [2.05, 4.69) is 14.7 Å². The van der Waals surface area contributed by atoms with Crippen LogP contribution in [0.3, 0.4) is 0 Å². The first-order valence-corrected chi connectivity index (χ1v) is 5.16. The van der Waals surface area contributed by atoms with Crippen molar-refractivity contribution in [3.8, 4) is 0 Å². The van der Waals surface area contributed by atoms with Crippen molar-refractivity contribution in [3.63, 3.8) is 0 Å². The molecule has 2 aromatic heterocycles. The molecule has 90 valence electrons. The van der Waals surface area contributed by atoms with Crippen molar-refractivity contribution in [2.75, 3.05) is 7.11 Å². The molecule has 0 fully saturated rings. The van der Waals surface area contributed by atoms with Crippen molar-refractivity contribution >= 4 is 27.7 Å². The normalized spacial score (nSPS) is 11.8. The van der Waals surface area contributed by atoms with E-state index in [4.69, 9.17) is 0 Å². The summed E-state index contributed by atoms with van der Waals surface area (Å²) in [5.74, 6) is -0.693. The van der Waals surface area contributed by atoms with Crippen molar-refractivity contribution in [2.45, 2.75) is 6.18 Å². The highest BCUT2D eigenvalue weighted by Crippen LogP contribution is 2.30. The van der Waals surface area contributed by atoms with Crippen LogP contribution in [0.25, 0.3) is 10.3 Å². The van der Waals surface area contributed by atoms with Gasteiger partial charge in [-0.2, -0.15) is 13.2 Å². The molecule has 2 rings (SSSR count). The Hall–Kier alpha value is -1.70. The topological polar surface area (TPSA) is 52.1 Å². The summed E-state index contributed by atoms with van der Waals surface area (Å²) in [7, 11) is 1.17. The van der Waals surface area contributed by atoms with E-state index in [1.54, 1.807) is 0 Å². The molecule has 0 atom stereocenters. The lowest BCUT2D eigenvalue weighted by Crippen LogP contribution is -2.06. The summed E-state index contributed by atoms with van der Waals surface area (Å²) in [6.07, 6.45) is -4.51. The van der Waals surface area contributed by atoms with E-state index < -0.39 is 17.8 Å². The van der Waals surface area contributed by atoms with Crippen LogP contribution in [0, 0.1) is 0 Å². The van der Waals surface area contributed by atoms with E-state index in [0.717, 1.165) is 17.4 Å². The summed E-state index contributed by atoms with van der Waals surface area (Å²) in [5.41, 5.74) is -0.770. The summed E-state index contributed by atoms with van der Waals surface area (Å²) in [5, 5.41) is -0.0191. The summed E-state index contributed by atoms with van der Waals surface area (Å²) < 4.78 is 41.6. The number of alkyl halides is 3. The molecule has 4 nitrogen and oxygen atoms in total. The molecule has 0 aliphatic carbocycles. The highest BCUT2D eigenvalue weighted by Gasteiger charge is 2.32. The molecule has 17 heavy (non-hydrogen) atoms. The van der Waals surface area contributed by atoms with Crippen molar-refractivity contribution in [3.05, 3.63) is 22.8 Å². The molecule has 0 N–H and O–H groups in total. The molecule has 2 heterocycles. The first kappa shape index (κ1) is 11.8. The van der Waals surface area contributed by atoms with Crippen LogP contribution in [0.4, 0.5) is 13.2 Å². The van der Waals surface area contributed by atoms with Gasteiger partial charge in [-0.25, -0.2) is 14.8 Å². The molecule has 0 unspecified atom stereocenters. The zero-order valence-electron chi connectivity index (χ0n) is 8.41. The van der Waals surface area contributed by atoms with Crippen LogP contribution < -0.4 is 0 Å². The Kier molecular flexibility index (Phi) is 2.74. The van der Waals surface area contributed by atoms with Gasteiger partial charge in [-0.05, 0) is 12.1 Å². The second-order valence-corrected chi connectivity index (χ2v) is 4.01. The van der Waals surface area contributed by atoms with E-state index in [0.29, 0.717) is 0 Å². The number of pyridine rings is 1. The molecule has 0 bridgehead atoms. The Morgan fingerprint density at radius 2 is 2.06 bits per heavy atom. The average Bonchev–Trinajstić information content (AvgIpc) is 2.69. The zero-order chi connectivity index (χ0) is 12.6. The number of halogens is 3. The number of carbonyl (C=O) groups excluding carboxylic acids is 1. The number of carbonyl (C=O) groups is 1. The number of thiazole rings is 1. The fourth-order valence-electron chi connectivity index (χ4n) is 1.15. The molecule has 0 aliphatic rings. The number of fused-ring (bicyclic) bond motifs is 1. The van der Waals surface area contributed by atoms with Crippen LogP contribution in [0.15, 0.2) is 12.1 Å². The maximum absolute atomic E-state index is 12.4. The number of rotatable bonds is 1. The molecule has 0 saturated heterocycles. The Morgan fingerprint density at radius 3 is 2.65 bits per heavy atom. The minimum atomic E-state index is -4.51. The fourth-order valence-corrected chi connectivity index (χ4v) is 2.01. The van der Waals surface area contributed by atoms with Crippen LogP contribution in [-0.2, 0) is 10.9 Å². The smallest absolute Gasteiger partial charge is 0.433 e. The van der Waals surface area contributed by atoms with Gasteiger partial charge in [-0.15, -0.1) is 0 Å². The van der Waals surface area contributed by atoms with Gasteiger partial charge in [0.25, 0.3) is 0 Å². The molecule has 8 heteroatoms. The summed E-state index contributed by atoms with van der Waals surface area (Å²) in [4.78, 5) is 18.4. The van der Waals surface area contributed by atoms with Crippen molar-refractivity contribution in [2.24, 2.45) is 0 Å². The van der Waals surface area contributed by atoms with Crippen LogP contribution in [0.1, 0.15) is 15.5 Å². The third-order valence-electron chi connectivity index (χ3n) is 1.91. The Bertz CT molecular complexity index is 579. The maximum Gasteiger partial charge on any atom is 0.433 e. The highest BCUT2D eigenvalue weighted by atomic mass is 32.1. The van der Waals surface area contributed by atoms with Crippen LogP contribution in [-0.4, -0.2) is 23.0 Å². The molecular formula is C9H5F3N2O2S. The highest BCUT2D eigenvalue weighted by molar-refractivity contribution is 7.19. The van der Waals surface area contributed by atoms with Gasteiger partial charge >= 0.3 is 12.1 Å². The number of hydrogen-bond acceptors (Lipinski definition) is 5. The molecule has 0 radical (unpaired) electrons. The number of ether oxygens (including phenoxy) is 1. The Labute approximate surface area is 97.1 Å².